The van der Waals surface area contributed by atoms with E-state index in [1.54, 1.807) is 42.7 Å². The van der Waals surface area contributed by atoms with E-state index in [-0.39, 0.29) is 23.6 Å². The number of anilines is 2. The number of aromatic nitrogens is 5. The van der Waals surface area contributed by atoms with E-state index in [0.717, 1.165) is 6.42 Å². The normalized spacial score (nSPS) is 18.2. The van der Waals surface area contributed by atoms with E-state index in [1.807, 2.05) is 18.2 Å². The zero-order valence-electron chi connectivity index (χ0n) is 23.2. The fraction of sp³-hybridized carbons (Fsp3) is 0.345. The molecule has 1 saturated heterocycles. The highest BCUT2D eigenvalue weighted by Crippen LogP contribution is 2.50. The third-order valence-corrected chi connectivity index (χ3v) is 10.2. The van der Waals surface area contributed by atoms with Crippen molar-refractivity contribution in [2.75, 3.05) is 30.0 Å². The summed E-state index contributed by atoms with van der Waals surface area (Å²) in [5, 5.41) is 5.60. The first-order valence-electron chi connectivity index (χ1n) is 13.9. The van der Waals surface area contributed by atoms with Crippen molar-refractivity contribution in [3.63, 3.8) is 0 Å². The number of carbonyl (C=O) groups is 1. The molecule has 0 spiro atoms. The molecule has 6 rings (SSSR count). The van der Waals surface area contributed by atoms with Gasteiger partial charge in [0.15, 0.2) is 10.9 Å². The number of nitrogens with zero attached hydrogens (tertiary/aromatic N) is 5. The average molecular weight is 589 g/mol. The van der Waals surface area contributed by atoms with Crippen LogP contribution < -0.4 is 15.5 Å². The number of morpholine rings is 1. The quantitative estimate of drug-likeness (QED) is 0.280. The summed E-state index contributed by atoms with van der Waals surface area (Å²) in [6, 6.07) is 13.6. The molecular formula is C29H32N8O4S. The molecule has 3 aromatic heterocycles. The zero-order chi connectivity index (χ0) is 29.2. The van der Waals surface area contributed by atoms with Crippen LogP contribution in [-0.4, -0.2) is 65.2 Å². The molecule has 4 heterocycles. The van der Waals surface area contributed by atoms with Crippen molar-refractivity contribution in [1.29, 1.82) is 0 Å². The minimum atomic E-state index is -3.82. The van der Waals surface area contributed by atoms with Gasteiger partial charge in [-0.3, -0.25) is 0 Å². The number of sulfone groups is 1. The third kappa shape index (κ3) is 5.32. The van der Waals surface area contributed by atoms with Crippen LogP contribution >= 0.6 is 0 Å². The Balaban J connectivity index is 1.33. The van der Waals surface area contributed by atoms with Gasteiger partial charge in [0.1, 0.15) is 16.4 Å². The molecule has 2 aliphatic rings. The standard InChI is InChI=1S/C29H32N8O4S/c1-20-19-41-16-15-37(20)25-17-23(29(10-4-11-29)42(39,40)26-5-2-3-12-32-26)35-27(36-25)21-6-8-22(9-7-21)34-28(38)33-18-24-30-13-14-31-24/h2-3,5-9,12-14,17,20H,4,10-11,15-16,18-19H2,1H3,(H,30,31)(H2,33,34,38)/t20-/m0/s1. The summed E-state index contributed by atoms with van der Waals surface area (Å²) in [4.78, 5) is 35.5. The molecule has 1 aliphatic heterocycles. The summed E-state index contributed by atoms with van der Waals surface area (Å²) in [7, 11) is -3.82. The van der Waals surface area contributed by atoms with Crippen molar-refractivity contribution in [3.8, 4) is 11.4 Å². The van der Waals surface area contributed by atoms with Crippen LogP contribution in [0, 0.1) is 0 Å². The summed E-state index contributed by atoms with van der Waals surface area (Å²) < 4.78 is 32.5. The van der Waals surface area contributed by atoms with Crippen molar-refractivity contribution in [3.05, 3.63) is 78.6 Å². The van der Waals surface area contributed by atoms with Crippen molar-refractivity contribution >= 4 is 27.4 Å². The number of pyridine rings is 1. The lowest BCUT2D eigenvalue weighted by atomic mass is 9.81. The molecule has 4 aromatic rings. The minimum absolute atomic E-state index is 0.0481. The summed E-state index contributed by atoms with van der Waals surface area (Å²) in [6.07, 6.45) is 6.50. The fourth-order valence-corrected chi connectivity index (χ4v) is 7.38. The monoisotopic (exact) mass is 588 g/mol. The number of benzene rings is 1. The second-order valence-corrected chi connectivity index (χ2v) is 12.7. The van der Waals surface area contributed by atoms with Gasteiger partial charge in [-0.25, -0.2) is 33.1 Å². The Labute approximate surface area is 243 Å². The summed E-state index contributed by atoms with van der Waals surface area (Å²) in [5.41, 5.74) is 1.75. The van der Waals surface area contributed by atoms with Gasteiger partial charge >= 0.3 is 6.03 Å². The van der Waals surface area contributed by atoms with E-state index in [9.17, 15) is 13.2 Å². The molecule has 1 aromatic carbocycles. The van der Waals surface area contributed by atoms with Gasteiger partial charge in [-0.1, -0.05) is 6.07 Å². The van der Waals surface area contributed by atoms with Crippen LogP contribution in [0.2, 0.25) is 0 Å². The number of amides is 2. The topological polar surface area (TPSA) is 155 Å². The number of aromatic amines is 1. The van der Waals surface area contributed by atoms with Crippen LogP contribution in [0.4, 0.5) is 16.3 Å². The van der Waals surface area contributed by atoms with Gasteiger partial charge in [0, 0.05) is 42.5 Å². The van der Waals surface area contributed by atoms with E-state index in [0.29, 0.717) is 67.0 Å². The molecule has 1 aliphatic carbocycles. The Morgan fingerprint density at radius 2 is 1.95 bits per heavy atom. The summed E-state index contributed by atoms with van der Waals surface area (Å²) in [5.74, 6) is 1.72. The minimum Gasteiger partial charge on any atom is -0.377 e. The molecule has 0 unspecified atom stereocenters. The number of imidazole rings is 1. The van der Waals surface area contributed by atoms with Gasteiger partial charge in [-0.2, -0.15) is 0 Å². The molecule has 12 nitrogen and oxygen atoms in total. The SMILES string of the molecule is C[C@H]1COCCN1c1cc(C2(S(=O)(=O)c3ccccn3)CCC2)nc(-c2ccc(NC(=O)NCc3ncc[nH]3)cc2)n1. The number of hydrogen-bond donors (Lipinski definition) is 3. The number of ether oxygens (including phenoxy) is 1. The highest BCUT2D eigenvalue weighted by Gasteiger charge is 2.53. The predicted octanol–water partition coefficient (Wildman–Crippen LogP) is 3.66. The maximum absolute atomic E-state index is 14.0. The molecule has 218 valence electrons. The van der Waals surface area contributed by atoms with Crippen LogP contribution in [0.3, 0.4) is 0 Å². The van der Waals surface area contributed by atoms with Crippen LogP contribution in [0.5, 0.6) is 0 Å². The second kappa shape index (κ2) is 11.5. The first-order valence-corrected chi connectivity index (χ1v) is 15.4. The van der Waals surface area contributed by atoms with Crippen molar-refractivity contribution in [2.45, 2.75) is 48.5 Å². The zero-order valence-corrected chi connectivity index (χ0v) is 24.0. The van der Waals surface area contributed by atoms with E-state index in [1.165, 1.54) is 6.20 Å². The molecule has 2 fully saturated rings. The van der Waals surface area contributed by atoms with Crippen LogP contribution in [-0.2, 0) is 25.9 Å². The average Bonchev–Trinajstić information content (AvgIpc) is 3.50. The van der Waals surface area contributed by atoms with E-state index in [2.05, 4.69) is 37.4 Å². The van der Waals surface area contributed by atoms with Crippen molar-refractivity contribution in [1.82, 2.24) is 30.2 Å². The Bertz CT molecular complexity index is 1640. The third-order valence-electron chi connectivity index (χ3n) is 7.80. The van der Waals surface area contributed by atoms with Crippen LogP contribution in [0.25, 0.3) is 11.4 Å². The molecule has 0 bridgehead atoms. The second-order valence-electron chi connectivity index (χ2n) is 10.5. The summed E-state index contributed by atoms with van der Waals surface area (Å²) >= 11 is 0. The Morgan fingerprint density at radius 3 is 2.62 bits per heavy atom. The molecule has 2 amide bonds. The number of urea groups is 1. The number of carbonyl (C=O) groups excluding carboxylic acids is 1. The lowest BCUT2D eigenvalue weighted by Crippen LogP contribution is -2.46. The lowest BCUT2D eigenvalue weighted by Gasteiger charge is -2.41. The maximum atomic E-state index is 14.0. The van der Waals surface area contributed by atoms with Gasteiger partial charge in [0.2, 0.25) is 9.84 Å². The summed E-state index contributed by atoms with van der Waals surface area (Å²) in [6.45, 7) is 4.06. The lowest BCUT2D eigenvalue weighted by molar-refractivity contribution is 0.0985. The molecule has 1 atom stereocenters. The van der Waals surface area contributed by atoms with E-state index < -0.39 is 14.6 Å². The number of hydrogen-bond acceptors (Lipinski definition) is 9. The van der Waals surface area contributed by atoms with Gasteiger partial charge in [0.05, 0.1) is 31.5 Å². The molecule has 42 heavy (non-hydrogen) atoms. The molecule has 3 N–H and O–H groups in total. The number of nitrogens with one attached hydrogen (secondary N) is 3. The van der Waals surface area contributed by atoms with Crippen molar-refractivity contribution in [2.24, 2.45) is 0 Å². The van der Waals surface area contributed by atoms with Crippen LogP contribution in [0.1, 0.15) is 37.7 Å². The smallest absolute Gasteiger partial charge is 0.319 e. The van der Waals surface area contributed by atoms with Crippen molar-refractivity contribution < 1.29 is 17.9 Å². The van der Waals surface area contributed by atoms with E-state index in [4.69, 9.17) is 14.7 Å². The molecule has 1 saturated carbocycles. The highest BCUT2D eigenvalue weighted by atomic mass is 32.2. The largest absolute Gasteiger partial charge is 0.377 e. The fourth-order valence-electron chi connectivity index (χ4n) is 5.31. The van der Waals surface area contributed by atoms with Gasteiger partial charge < -0.3 is 25.3 Å². The maximum Gasteiger partial charge on any atom is 0.319 e. The Kier molecular flexibility index (Phi) is 7.60. The number of H-pyrrole nitrogens is 1. The first-order chi connectivity index (χ1) is 20.4. The van der Waals surface area contributed by atoms with E-state index >= 15 is 0 Å². The van der Waals surface area contributed by atoms with Gasteiger partial charge in [-0.15, -0.1) is 0 Å². The highest BCUT2D eigenvalue weighted by molar-refractivity contribution is 7.92. The first kappa shape index (κ1) is 27.8. The predicted molar refractivity (Wildman–Crippen MR) is 156 cm³/mol. The van der Waals surface area contributed by atoms with Gasteiger partial charge in [0.25, 0.3) is 0 Å². The Hall–Kier alpha value is -4.36. The molecule has 0 radical (unpaired) electrons. The number of rotatable bonds is 8. The van der Waals surface area contributed by atoms with Crippen LogP contribution in [0.15, 0.2) is 72.1 Å². The molecule has 13 heteroatoms. The molecular weight excluding hydrogens is 556 g/mol. The van der Waals surface area contributed by atoms with Gasteiger partial charge in [-0.05, 0) is 62.6 Å². The Morgan fingerprint density at radius 1 is 1.12 bits per heavy atom.